The molecule has 0 nitrogen and oxygen atoms in total. The van der Waals surface area contributed by atoms with Gasteiger partial charge in [-0.3, -0.25) is 0 Å². The van der Waals surface area contributed by atoms with Gasteiger partial charge in [-0.05, 0) is 41.3 Å². The van der Waals surface area contributed by atoms with Crippen LogP contribution in [0.1, 0.15) is 52.7 Å². The number of benzene rings is 1. The van der Waals surface area contributed by atoms with E-state index in [1.165, 1.54) is 5.56 Å². The van der Waals surface area contributed by atoms with Gasteiger partial charge in [-0.25, -0.2) is 0 Å². The Morgan fingerprint density at radius 3 is 2.09 bits per heavy atom. The molecular formula is C23H32. The first-order valence-corrected chi connectivity index (χ1v) is 8.54. The zero-order valence-corrected chi connectivity index (χ0v) is 16.0. The lowest BCUT2D eigenvalue weighted by atomic mass is 9.90. The third kappa shape index (κ3) is 7.02. The zero-order valence-electron chi connectivity index (χ0n) is 16.0. The Hall–Kier alpha value is -2.26. The van der Waals surface area contributed by atoms with Gasteiger partial charge in [0.05, 0.1) is 0 Å². The van der Waals surface area contributed by atoms with E-state index in [0.717, 1.165) is 22.3 Å². The van der Waals surface area contributed by atoms with E-state index in [2.05, 4.69) is 43.7 Å². The predicted molar refractivity (Wildman–Crippen MR) is 108 cm³/mol. The maximum Gasteiger partial charge on any atom is 0.0393 e. The summed E-state index contributed by atoms with van der Waals surface area (Å²) in [4.78, 5) is 0. The molecule has 0 unspecified atom stereocenters. The first-order chi connectivity index (χ1) is 11.2. The van der Waals surface area contributed by atoms with E-state index in [0.29, 0.717) is 0 Å². The van der Waals surface area contributed by atoms with Gasteiger partial charge in [0.15, 0.2) is 0 Å². The molecule has 0 atom stereocenters. The summed E-state index contributed by atoms with van der Waals surface area (Å²) >= 11 is 0. The second-order valence-corrected chi connectivity index (χ2v) is 3.93. The van der Waals surface area contributed by atoms with Crippen molar-refractivity contribution in [3.8, 4) is 0 Å². The van der Waals surface area contributed by atoms with E-state index in [1.807, 2.05) is 71.9 Å². The van der Waals surface area contributed by atoms with Gasteiger partial charge in [0, 0.05) is 5.57 Å². The van der Waals surface area contributed by atoms with Gasteiger partial charge in [0.25, 0.3) is 0 Å². The van der Waals surface area contributed by atoms with Gasteiger partial charge < -0.3 is 0 Å². The first-order valence-electron chi connectivity index (χ1n) is 8.54. The van der Waals surface area contributed by atoms with E-state index in [4.69, 9.17) is 0 Å². The smallest absolute Gasteiger partial charge is 0.0393 e. The first kappa shape index (κ1) is 23.0. The Kier molecular flexibility index (Phi) is 14.7. The second kappa shape index (κ2) is 14.7. The highest BCUT2D eigenvalue weighted by Gasteiger charge is 2.10. The summed E-state index contributed by atoms with van der Waals surface area (Å²) in [6.07, 6.45) is 5.64. The molecule has 0 heterocycles. The van der Waals surface area contributed by atoms with Crippen LogP contribution in [0.3, 0.4) is 0 Å². The zero-order chi connectivity index (χ0) is 18.3. The van der Waals surface area contributed by atoms with E-state index >= 15 is 0 Å². The SMILES string of the molecule is C=CC1=CC=C=C=C1C(=C)c1ccccc1C.CC.CC.CC. The highest BCUT2D eigenvalue weighted by atomic mass is 14.1. The molecule has 23 heavy (non-hydrogen) atoms. The molecule has 1 aromatic rings. The molecule has 1 aromatic carbocycles. The van der Waals surface area contributed by atoms with Crippen molar-refractivity contribution in [2.24, 2.45) is 0 Å². The maximum absolute atomic E-state index is 4.17. The molecule has 0 radical (unpaired) electrons. The fourth-order valence-electron chi connectivity index (χ4n) is 1.87. The highest BCUT2D eigenvalue weighted by Crippen LogP contribution is 2.29. The Morgan fingerprint density at radius 1 is 1.00 bits per heavy atom. The molecule has 0 saturated carbocycles. The number of hydrogen-bond acceptors (Lipinski definition) is 0. The molecule has 0 bridgehead atoms. The quantitative estimate of drug-likeness (QED) is 0.509. The number of allylic oxidation sites excluding steroid dienone is 6. The summed E-state index contributed by atoms with van der Waals surface area (Å²) < 4.78 is 0. The van der Waals surface area contributed by atoms with Crippen molar-refractivity contribution in [2.45, 2.75) is 48.5 Å². The van der Waals surface area contributed by atoms with E-state index < -0.39 is 0 Å². The normalized spacial score (nSPS) is 10.4. The summed E-state index contributed by atoms with van der Waals surface area (Å²) in [5.74, 6) is 0. The number of hydrogen-bond donors (Lipinski definition) is 0. The topological polar surface area (TPSA) is 0 Å². The van der Waals surface area contributed by atoms with Crippen LogP contribution in [0.15, 0.2) is 78.3 Å². The standard InChI is InChI=1S/C17H14.3C2H6/c1-4-15-10-6-8-12-17(15)14(3)16-11-7-5-9-13(16)2;3*1-2/h4-7,9-11H,1,3H2,2H3;3*1-2H3. The number of rotatable bonds is 3. The van der Waals surface area contributed by atoms with Gasteiger partial charge in [0.2, 0.25) is 0 Å². The summed E-state index contributed by atoms with van der Waals surface area (Å²) in [6, 6.07) is 8.21. The Labute approximate surface area is 144 Å². The third-order valence-corrected chi connectivity index (χ3v) is 2.82. The van der Waals surface area contributed by atoms with Crippen LogP contribution in [0.25, 0.3) is 5.57 Å². The molecule has 0 aromatic heterocycles. The Balaban J connectivity index is 0. The van der Waals surface area contributed by atoms with Crippen LogP contribution in [0.4, 0.5) is 0 Å². The minimum atomic E-state index is 0.967. The molecular weight excluding hydrogens is 276 g/mol. The molecule has 0 aliphatic heterocycles. The lowest BCUT2D eigenvalue weighted by Gasteiger charge is -2.12. The molecule has 0 fully saturated rings. The van der Waals surface area contributed by atoms with Crippen molar-refractivity contribution >= 4 is 5.57 Å². The third-order valence-electron chi connectivity index (χ3n) is 2.82. The lowest BCUT2D eigenvalue weighted by molar-refractivity contribution is 1.41. The van der Waals surface area contributed by atoms with Gasteiger partial charge in [-0.2, -0.15) is 0 Å². The number of aryl methyl sites for hydroxylation is 1. The fraction of sp³-hybridized carbons (Fsp3) is 0.304. The van der Waals surface area contributed by atoms with E-state index in [9.17, 15) is 0 Å². The summed E-state index contributed by atoms with van der Waals surface area (Å²) in [5.41, 5.74) is 11.4. The van der Waals surface area contributed by atoms with Crippen LogP contribution in [0, 0.1) is 6.92 Å². The van der Waals surface area contributed by atoms with Crippen LogP contribution in [-0.4, -0.2) is 0 Å². The monoisotopic (exact) mass is 308 g/mol. The average Bonchev–Trinajstić information content (AvgIpc) is 2.66. The van der Waals surface area contributed by atoms with E-state index in [-0.39, 0.29) is 0 Å². The molecule has 0 saturated heterocycles. The van der Waals surface area contributed by atoms with Gasteiger partial charge in [-0.15, -0.1) is 0 Å². The van der Waals surface area contributed by atoms with Crippen molar-refractivity contribution in [2.75, 3.05) is 0 Å². The molecule has 0 amide bonds. The van der Waals surface area contributed by atoms with Gasteiger partial charge in [-0.1, -0.05) is 96.5 Å². The molecule has 1 aliphatic rings. The largest absolute Gasteiger partial charge is 0.0984 e. The van der Waals surface area contributed by atoms with Crippen LogP contribution in [-0.2, 0) is 0 Å². The van der Waals surface area contributed by atoms with Crippen LogP contribution in [0.5, 0.6) is 0 Å². The molecule has 124 valence electrons. The van der Waals surface area contributed by atoms with Crippen LogP contribution >= 0.6 is 0 Å². The summed E-state index contributed by atoms with van der Waals surface area (Å²) in [5, 5.41) is 0. The van der Waals surface area contributed by atoms with Crippen molar-refractivity contribution in [1.29, 1.82) is 0 Å². The molecule has 0 spiro atoms. The Morgan fingerprint density at radius 2 is 1.57 bits per heavy atom. The van der Waals surface area contributed by atoms with Crippen molar-refractivity contribution < 1.29 is 0 Å². The molecule has 1 aliphatic carbocycles. The molecule has 2 rings (SSSR count). The van der Waals surface area contributed by atoms with Crippen molar-refractivity contribution in [1.82, 2.24) is 0 Å². The average molecular weight is 309 g/mol. The van der Waals surface area contributed by atoms with E-state index in [1.54, 1.807) is 0 Å². The fourth-order valence-corrected chi connectivity index (χ4v) is 1.87. The van der Waals surface area contributed by atoms with Gasteiger partial charge in [0.1, 0.15) is 0 Å². The van der Waals surface area contributed by atoms with Crippen LogP contribution in [0.2, 0.25) is 0 Å². The lowest BCUT2D eigenvalue weighted by Crippen LogP contribution is -1.94. The summed E-state index contributed by atoms with van der Waals surface area (Å²) in [6.45, 7) is 22.1. The molecule has 0 heteroatoms. The minimum absolute atomic E-state index is 0.967. The Bertz CT molecular complexity index is 611. The summed E-state index contributed by atoms with van der Waals surface area (Å²) in [7, 11) is 0. The van der Waals surface area contributed by atoms with Gasteiger partial charge >= 0.3 is 0 Å². The highest BCUT2D eigenvalue weighted by molar-refractivity contribution is 5.84. The maximum atomic E-state index is 4.17. The second-order valence-electron chi connectivity index (χ2n) is 3.93. The molecule has 0 N–H and O–H groups in total. The van der Waals surface area contributed by atoms with Crippen molar-refractivity contribution in [3.05, 3.63) is 89.4 Å². The van der Waals surface area contributed by atoms with Crippen molar-refractivity contribution in [3.63, 3.8) is 0 Å². The minimum Gasteiger partial charge on any atom is -0.0984 e. The van der Waals surface area contributed by atoms with Crippen LogP contribution < -0.4 is 0 Å². The predicted octanol–water partition coefficient (Wildman–Crippen LogP) is 7.45.